The predicted molar refractivity (Wildman–Crippen MR) is 124 cm³/mol. The van der Waals surface area contributed by atoms with Crippen molar-refractivity contribution in [3.05, 3.63) is 59.2 Å². The summed E-state index contributed by atoms with van der Waals surface area (Å²) in [4.78, 5) is 15.3. The molecule has 0 aromatic heterocycles. The Hall–Kier alpha value is -2.00. The molecular weight excluding hydrogens is 471 g/mol. The van der Waals surface area contributed by atoms with Gasteiger partial charge in [0, 0.05) is 34.7 Å². The molecule has 1 aliphatic heterocycles. The van der Waals surface area contributed by atoms with Crippen molar-refractivity contribution < 1.29 is 26.4 Å². The Morgan fingerprint density at radius 1 is 1.09 bits per heavy atom. The maximum absolute atomic E-state index is 13.2. The zero-order valence-electron chi connectivity index (χ0n) is 19.2. The molecule has 33 heavy (non-hydrogen) atoms. The Labute approximate surface area is 197 Å². The highest BCUT2D eigenvalue weighted by atomic mass is 32.2. The lowest BCUT2D eigenvalue weighted by molar-refractivity contribution is -0.137. The van der Waals surface area contributed by atoms with E-state index in [1.165, 1.54) is 19.9 Å². The van der Waals surface area contributed by atoms with Crippen LogP contribution in [0.5, 0.6) is 0 Å². The molecule has 0 spiro atoms. The second-order valence-electron chi connectivity index (χ2n) is 9.18. The summed E-state index contributed by atoms with van der Waals surface area (Å²) >= 11 is 1.71. The molecule has 1 heterocycles. The largest absolute Gasteiger partial charge is 0.416 e. The first-order valence-corrected chi connectivity index (χ1v) is 13.0. The number of hydrogen-bond donors (Lipinski definition) is 0. The number of carbonyl (C=O) groups is 1. The van der Waals surface area contributed by atoms with Gasteiger partial charge >= 0.3 is 6.18 Å². The molecule has 180 valence electrons. The minimum Gasteiger partial charge on any atom is -0.338 e. The van der Waals surface area contributed by atoms with E-state index >= 15 is 0 Å². The zero-order chi connectivity index (χ0) is 24.8. The van der Waals surface area contributed by atoms with Gasteiger partial charge in [-0.3, -0.25) is 4.79 Å². The van der Waals surface area contributed by atoms with Gasteiger partial charge in [0.25, 0.3) is 5.91 Å². The first-order chi connectivity index (χ1) is 15.1. The van der Waals surface area contributed by atoms with Crippen LogP contribution in [0.15, 0.2) is 52.3 Å². The summed E-state index contributed by atoms with van der Waals surface area (Å²) in [5, 5.41) is 0.420. The van der Waals surface area contributed by atoms with Crippen LogP contribution in [0, 0.1) is 12.8 Å². The van der Waals surface area contributed by atoms with Gasteiger partial charge in [-0.15, -0.1) is 11.8 Å². The molecule has 0 atom stereocenters. The third-order valence-electron chi connectivity index (χ3n) is 6.12. The summed E-state index contributed by atoms with van der Waals surface area (Å²) in [7, 11) is -4.06. The van der Waals surface area contributed by atoms with Crippen LogP contribution in [0.1, 0.15) is 49.2 Å². The molecule has 9 heteroatoms. The number of amides is 1. The molecule has 2 aromatic carbocycles. The summed E-state index contributed by atoms with van der Waals surface area (Å²) < 4.78 is 64.3. The summed E-state index contributed by atoms with van der Waals surface area (Å²) in [6.07, 6.45) is -4.63. The van der Waals surface area contributed by atoms with E-state index in [1.807, 2.05) is 19.1 Å². The number of halogens is 3. The van der Waals surface area contributed by atoms with Crippen LogP contribution in [-0.2, 0) is 16.0 Å². The van der Waals surface area contributed by atoms with E-state index in [9.17, 15) is 26.4 Å². The number of hydrogen-bond acceptors (Lipinski definition) is 4. The van der Waals surface area contributed by atoms with Crippen LogP contribution in [0.4, 0.5) is 13.2 Å². The fourth-order valence-corrected chi connectivity index (χ4v) is 6.51. The molecule has 2 aromatic rings. The monoisotopic (exact) mass is 499 g/mol. The van der Waals surface area contributed by atoms with E-state index in [0.29, 0.717) is 16.9 Å². The SMILES string of the molecule is Cc1cc(SC(C)C)ccc1C(=O)N1CC(C(C)(C)S(=O)(=O)c2cccc(C(F)(F)F)c2)C1. The highest BCUT2D eigenvalue weighted by Gasteiger charge is 2.49. The van der Waals surface area contributed by atoms with Crippen molar-refractivity contribution in [2.75, 3.05) is 13.1 Å². The molecule has 0 bridgehead atoms. The Balaban J connectivity index is 1.75. The van der Waals surface area contributed by atoms with Crippen molar-refractivity contribution in [3.63, 3.8) is 0 Å². The van der Waals surface area contributed by atoms with Crippen LogP contribution < -0.4 is 0 Å². The van der Waals surface area contributed by atoms with E-state index < -0.39 is 32.2 Å². The average Bonchev–Trinajstić information content (AvgIpc) is 2.65. The van der Waals surface area contributed by atoms with Crippen LogP contribution in [0.3, 0.4) is 0 Å². The van der Waals surface area contributed by atoms with E-state index in [4.69, 9.17) is 0 Å². The molecule has 1 saturated heterocycles. The Kier molecular flexibility index (Phi) is 6.97. The summed E-state index contributed by atoms with van der Waals surface area (Å²) in [6, 6.07) is 9.49. The minimum atomic E-state index is -4.63. The maximum Gasteiger partial charge on any atom is 0.416 e. The van der Waals surface area contributed by atoms with Gasteiger partial charge in [-0.25, -0.2) is 8.42 Å². The molecule has 0 aliphatic carbocycles. The normalized spacial score (nSPS) is 15.6. The molecule has 1 aliphatic rings. The third-order valence-corrected chi connectivity index (χ3v) is 9.71. The Bertz CT molecular complexity index is 1150. The van der Waals surface area contributed by atoms with Crippen LogP contribution in [0.2, 0.25) is 0 Å². The van der Waals surface area contributed by atoms with Crippen molar-refractivity contribution in [1.82, 2.24) is 4.90 Å². The molecule has 0 N–H and O–H groups in total. The van der Waals surface area contributed by atoms with E-state index in [2.05, 4.69) is 13.8 Å². The van der Waals surface area contributed by atoms with E-state index in [-0.39, 0.29) is 23.9 Å². The summed E-state index contributed by atoms with van der Waals surface area (Å²) in [5.41, 5.74) is 0.421. The molecule has 0 saturated carbocycles. The van der Waals surface area contributed by atoms with Crippen molar-refractivity contribution in [2.45, 2.75) is 60.6 Å². The van der Waals surface area contributed by atoms with Gasteiger partial charge in [-0.1, -0.05) is 19.9 Å². The van der Waals surface area contributed by atoms with Gasteiger partial charge in [-0.2, -0.15) is 13.2 Å². The maximum atomic E-state index is 13.2. The number of likely N-dealkylation sites (tertiary alicyclic amines) is 1. The first-order valence-electron chi connectivity index (χ1n) is 10.6. The van der Waals surface area contributed by atoms with Crippen molar-refractivity contribution in [2.24, 2.45) is 5.92 Å². The lowest BCUT2D eigenvalue weighted by Crippen LogP contribution is -2.59. The fraction of sp³-hybridized carbons (Fsp3) is 0.458. The van der Waals surface area contributed by atoms with Crippen molar-refractivity contribution in [3.8, 4) is 0 Å². The number of benzene rings is 2. The van der Waals surface area contributed by atoms with Gasteiger partial charge in [0.05, 0.1) is 15.2 Å². The smallest absolute Gasteiger partial charge is 0.338 e. The molecule has 4 nitrogen and oxygen atoms in total. The number of aryl methyl sites for hydroxylation is 1. The van der Waals surface area contributed by atoms with Gasteiger partial charge in [0.1, 0.15) is 0 Å². The fourth-order valence-electron chi connectivity index (χ4n) is 3.84. The Morgan fingerprint density at radius 3 is 2.27 bits per heavy atom. The number of thioether (sulfide) groups is 1. The number of sulfone groups is 1. The summed E-state index contributed by atoms with van der Waals surface area (Å²) in [6.45, 7) is 9.54. The average molecular weight is 500 g/mol. The molecule has 1 fully saturated rings. The standard InChI is InChI=1S/C24H28F3NO3S2/c1-15(2)32-19-9-10-21(16(3)11-19)22(29)28-13-18(14-28)23(4,5)33(30,31)20-8-6-7-17(12-20)24(25,26)27/h6-12,15,18H,13-14H2,1-5H3. The highest BCUT2D eigenvalue weighted by Crippen LogP contribution is 2.39. The zero-order valence-corrected chi connectivity index (χ0v) is 20.9. The lowest BCUT2D eigenvalue weighted by atomic mass is 9.87. The Morgan fingerprint density at radius 2 is 1.73 bits per heavy atom. The van der Waals surface area contributed by atoms with Crippen LogP contribution in [0.25, 0.3) is 0 Å². The van der Waals surface area contributed by atoms with Crippen molar-refractivity contribution >= 4 is 27.5 Å². The van der Waals surface area contributed by atoms with Gasteiger partial charge in [-0.05, 0) is 62.7 Å². The number of carbonyl (C=O) groups excluding carboxylic acids is 1. The van der Waals surface area contributed by atoms with Gasteiger partial charge in [0.2, 0.25) is 0 Å². The molecule has 1 amide bonds. The topological polar surface area (TPSA) is 54.5 Å². The highest BCUT2D eigenvalue weighted by molar-refractivity contribution is 7.99. The number of rotatable bonds is 6. The second kappa shape index (κ2) is 8.98. The molecular formula is C24H28F3NO3S2. The van der Waals surface area contributed by atoms with E-state index in [1.54, 1.807) is 22.7 Å². The second-order valence-corrected chi connectivity index (χ2v) is 13.4. The molecule has 3 rings (SSSR count). The van der Waals surface area contributed by atoms with E-state index in [0.717, 1.165) is 22.6 Å². The predicted octanol–water partition coefficient (Wildman–Crippen LogP) is 5.84. The first kappa shape index (κ1) is 25.6. The van der Waals surface area contributed by atoms with Gasteiger partial charge in [0.15, 0.2) is 9.84 Å². The van der Waals surface area contributed by atoms with Gasteiger partial charge < -0.3 is 4.90 Å². The third kappa shape index (κ3) is 5.09. The van der Waals surface area contributed by atoms with Crippen LogP contribution >= 0.6 is 11.8 Å². The number of nitrogens with zero attached hydrogens (tertiary/aromatic N) is 1. The minimum absolute atomic E-state index is 0.169. The number of alkyl halides is 3. The van der Waals surface area contributed by atoms with Crippen LogP contribution in [-0.4, -0.2) is 42.3 Å². The van der Waals surface area contributed by atoms with Crippen molar-refractivity contribution in [1.29, 1.82) is 0 Å². The quantitative estimate of drug-likeness (QED) is 0.469. The lowest BCUT2D eigenvalue weighted by Gasteiger charge is -2.47. The molecule has 0 unspecified atom stereocenters. The molecule has 0 radical (unpaired) electrons. The summed E-state index contributed by atoms with van der Waals surface area (Å²) in [5.74, 6) is -0.561.